The number of furan rings is 1. The van der Waals surface area contributed by atoms with Gasteiger partial charge in [-0.15, -0.1) is 0 Å². The van der Waals surface area contributed by atoms with Gasteiger partial charge < -0.3 is 19.8 Å². The molecule has 0 spiro atoms. The number of unbranched alkanes of at least 4 members (excludes halogenated alkanes) is 1. The quantitative estimate of drug-likeness (QED) is 0.390. The third-order valence-electron chi connectivity index (χ3n) is 4.32. The lowest BCUT2D eigenvalue weighted by Gasteiger charge is -2.26. The van der Waals surface area contributed by atoms with Crippen LogP contribution in [0.1, 0.15) is 44.4 Å². The van der Waals surface area contributed by atoms with E-state index in [0.29, 0.717) is 6.61 Å². The summed E-state index contributed by atoms with van der Waals surface area (Å²) in [5.41, 5.74) is 0. The van der Waals surface area contributed by atoms with Crippen LogP contribution in [0.4, 0.5) is 0 Å². The van der Waals surface area contributed by atoms with E-state index in [1.165, 1.54) is 19.3 Å². The predicted molar refractivity (Wildman–Crippen MR) is 97.3 cm³/mol. The van der Waals surface area contributed by atoms with Gasteiger partial charge in [0.1, 0.15) is 5.76 Å². The van der Waals surface area contributed by atoms with Crippen molar-refractivity contribution in [1.82, 2.24) is 15.5 Å². The lowest BCUT2D eigenvalue weighted by Crippen LogP contribution is -2.43. The molecule has 2 heterocycles. The van der Waals surface area contributed by atoms with Gasteiger partial charge in [0.15, 0.2) is 5.96 Å². The monoisotopic (exact) mass is 336 g/mol. The molecule has 1 unspecified atom stereocenters. The van der Waals surface area contributed by atoms with Crippen molar-refractivity contribution in [3.05, 3.63) is 24.2 Å². The summed E-state index contributed by atoms with van der Waals surface area (Å²) in [6.07, 6.45) is 6.56. The molecule has 6 heteroatoms. The van der Waals surface area contributed by atoms with Crippen LogP contribution in [0.5, 0.6) is 0 Å². The van der Waals surface area contributed by atoms with E-state index in [0.717, 1.165) is 50.9 Å². The van der Waals surface area contributed by atoms with E-state index in [4.69, 9.17) is 9.15 Å². The Kier molecular flexibility index (Phi) is 8.70. The molecule has 0 saturated carbocycles. The number of ether oxygens (including phenoxy) is 1. The lowest BCUT2D eigenvalue weighted by atomic mass is 10.2. The van der Waals surface area contributed by atoms with E-state index < -0.39 is 0 Å². The summed E-state index contributed by atoms with van der Waals surface area (Å²) in [6.45, 7) is 7.51. The zero-order chi connectivity index (χ0) is 17.0. The molecular formula is C18H32N4O2. The molecule has 1 aromatic heterocycles. The van der Waals surface area contributed by atoms with Crippen molar-refractivity contribution in [2.75, 3.05) is 46.4 Å². The first-order chi connectivity index (χ1) is 11.8. The first kappa shape index (κ1) is 18.8. The average molecular weight is 336 g/mol. The number of nitrogens with zero attached hydrogens (tertiary/aromatic N) is 2. The highest BCUT2D eigenvalue weighted by molar-refractivity contribution is 5.79. The van der Waals surface area contributed by atoms with Gasteiger partial charge in [-0.25, -0.2) is 0 Å². The second-order valence-corrected chi connectivity index (χ2v) is 6.12. The molecule has 0 aromatic carbocycles. The van der Waals surface area contributed by atoms with Crippen LogP contribution in [0.15, 0.2) is 27.8 Å². The van der Waals surface area contributed by atoms with Crippen LogP contribution in [0, 0.1) is 0 Å². The van der Waals surface area contributed by atoms with Crippen molar-refractivity contribution in [1.29, 1.82) is 0 Å². The highest BCUT2D eigenvalue weighted by atomic mass is 16.5. The van der Waals surface area contributed by atoms with Gasteiger partial charge >= 0.3 is 0 Å². The Morgan fingerprint density at radius 1 is 1.33 bits per heavy atom. The van der Waals surface area contributed by atoms with Crippen molar-refractivity contribution >= 4 is 5.96 Å². The summed E-state index contributed by atoms with van der Waals surface area (Å²) in [4.78, 5) is 6.77. The summed E-state index contributed by atoms with van der Waals surface area (Å²) in [5, 5.41) is 6.72. The van der Waals surface area contributed by atoms with Crippen LogP contribution in [-0.2, 0) is 4.74 Å². The van der Waals surface area contributed by atoms with Gasteiger partial charge in [-0.2, -0.15) is 0 Å². The normalized spacial score (nSPS) is 17.2. The maximum absolute atomic E-state index is 5.65. The molecule has 0 amide bonds. The molecule has 2 rings (SSSR count). The fraction of sp³-hybridized carbons (Fsp3) is 0.722. The van der Waals surface area contributed by atoms with E-state index >= 15 is 0 Å². The molecule has 0 radical (unpaired) electrons. The molecule has 1 atom stereocenters. The van der Waals surface area contributed by atoms with Gasteiger partial charge in [-0.1, -0.05) is 13.3 Å². The summed E-state index contributed by atoms with van der Waals surface area (Å²) in [6, 6.07) is 4.27. The van der Waals surface area contributed by atoms with Crippen LogP contribution in [0.2, 0.25) is 0 Å². The van der Waals surface area contributed by atoms with Gasteiger partial charge in [0.2, 0.25) is 0 Å². The number of rotatable bonds is 10. The zero-order valence-corrected chi connectivity index (χ0v) is 15.1. The zero-order valence-electron chi connectivity index (χ0n) is 15.1. The molecule has 24 heavy (non-hydrogen) atoms. The second-order valence-electron chi connectivity index (χ2n) is 6.12. The molecule has 1 saturated heterocycles. The Bertz CT molecular complexity index is 456. The summed E-state index contributed by atoms with van der Waals surface area (Å²) >= 11 is 0. The minimum absolute atomic E-state index is 0.252. The summed E-state index contributed by atoms with van der Waals surface area (Å²) < 4.78 is 11.2. The summed E-state index contributed by atoms with van der Waals surface area (Å²) in [7, 11) is 1.80. The molecule has 1 aliphatic heterocycles. The lowest BCUT2D eigenvalue weighted by molar-refractivity contribution is 0.135. The first-order valence-corrected chi connectivity index (χ1v) is 9.15. The van der Waals surface area contributed by atoms with Crippen LogP contribution in [0.25, 0.3) is 0 Å². The van der Waals surface area contributed by atoms with E-state index in [-0.39, 0.29) is 6.04 Å². The molecule has 2 N–H and O–H groups in total. The van der Waals surface area contributed by atoms with E-state index in [1.807, 2.05) is 6.07 Å². The van der Waals surface area contributed by atoms with Crippen LogP contribution < -0.4 is 10.6 Å². The Hall–Kier alpha value is -1.53. The molecule has 6 nitrogen and oxygen atoms in total. The minimum atomic E-state index is 0.252. The van der Waals surface area contributed by atoms with Gasteiger partial charge in [-0.3, -0.25) is 9.89 Å². The molecule has 136 valence electrons. The van der Waals surface area contributed by atoms with Crippen LogP contribution >= 0.6 is 0 Å². The molecule has 0 bridgehead atoms. The highest BCUT2D eigenvalue weighted by Crippen LogP contribution is 2.24. The Labute approximate surface area is 145 Å². The Balaban J connectivity index is 1.75. The number of nitrogens with one attached hydrogen (secondary N) is 2. The summed E-state index contributed by atoms with van der Waals surface area (Å²) in [5.74, 6) is 1.83. The van der Waals surface area contributed by atoms with Crippen molar-refractivity contribution in [2.24, 2.45) is 4.99 Å². The third kappa shape index (κ3) is 6.17. The van der Waals surface area contributed by atoms with E-state index in [9.17, 15) is 0 Å². The smallest absolute Gasteiger partial charge is 0.191 e. The first-order valence-electron chi connectivity index (χ1n) is 9.15. The minimum Gasteiger partial charge on any atom is -0.468 e. The number of likely N-dealkylation sites (tertiary alicyclic amines) is 1. The number of hydrogen-bond acceptors (Lipinski definition) is 4. The number of aliphatic imine (C=N–C) groups is 1. The molecule has 0 aliphatic carbocycles. The molecule has 1 aliphatic rings. The van der Waals surface area contributed by atoms with Gasteiger partial charge in [0, 0.05) is 26.7 Å². The van der Waals surface area contributed by atoms with E-state index in [1.54, 1.807) is 13.3 Å². The SMILES string of the molecule is CCCCOCCNC(=NC)NCC(c1ccco1)N1CCCC1. The van der Waals surface area contributed by atoms with Crippen molar-refractivity contribution in [3.63, 3.8) is 0 Å². The van der Waals surface area contributed by atoms with Crippen LogP contribution in [0.3, 0.4) is 0 Å². The van der Waals surface area contributed by atoms with Crippen LogP contribution in [-0.4, -0.2) is 57.3 Å². The standard InChI is InChI=1S/C18H32N4O2/c1-3-4-12-23-14-9-20-18(19-2)21-15-16(17-8-7-13-24-17)22-10-5-6-11-22/h7-8,13,16H,3-6,9-12,14-15H2,1-2H3,(H2,19,20,21). The third-order valence-corrected chi connectivity index (χ3v) is 4.32. The van der Waals surface area contributed by atoms with Crippen molar-refractivity contribution < 1.29 is 9.15 Å². The maximum Gasteiger partial charge on any atom is 0.191 e. The average Bonchev–Trinajstić information content (AvgIpc) is 3.30. The number of guanidine groups is 1. The van der Waals surface area contributed by atoms with Gasteiger partial charge in [0.25, 0.3) is 0 Å². The molecule has 1 fully saturated rings. The molecular weight excluding hydrogens is 304 g/mol. The highest BCUT2D eigenvalue weighted by Gasteiger charge is 2.25. The largest absolute Gasteiger partial charge is 0.468 e. The second kappa shape index (κ2) is 11.1. The fourth-order valence-corrected chi connectivity index (χ4v) is 2.95. The molecule has 1 aromatic rings. The Morgan fingerprint density at radius 2 is 2.17 bits per heavy atom. The van der Waals surface area contributed by atoms with Gasteiger partial charge in [0.05, 0.1) is 18.9 Å². The van der Waals surface area contributed by atoms with E-state index in [2.05, 4.69) is 33.5 Å². The topological polar surface area (TPSA) is 62.0 Å². The fourth-order valence-electron chi connectivity index (χ4n) is 2.95. The number of hydrogen-bond donors (Lipinski definition) is 2. The maximum atomic E-state index is 5.65. The van der Waals surface area contributed by atoms with Crippen molar-refractivity contribution in [2.45, 2.75) is 38.6 Å². The predicted octanol–water partition coefficient (Wildman–Crippen LogP) is 2.40. The Morgan fingerprint density at radius 3 is 2.83 bits per heavy atom. The van der Waals surface area contributed by atoms with Crippen molar-refractivity contribution in [3.8, 4) is 0 Å². The van der Waals surface area contributed by atoms with Gasteiger partial charge in [-0.05, 0) is 44.5 Å².